The molecule has 156 valence electrons. The summed E-state index contributed by atoms with van der Waals surface area (Å²) in [6.45, 7) is 3.79. The molecule has 0 radical (unpaired) electrons. The Balaban J connectivity index is 1.39. The lowest BCUT2D eigenvalue weighted by Crippen LogP contribution is -2.56. The van der Waals surface area contributed by atoms with Gasteiger partial charge in [-0.15, -0.1) is 0 Å². The van der Waals surface area contributed by atoms with E-state index >= 15 is 0 Å². The Morgan fingerprint density at radius 3 is 2.72 bits per heavy atom. The molecule has 1 saturated carbocycles. The highest BCUT2D eigenvalue weighted by Gasteiger charge is 2.40. The number of hydrogen-bond donors (Lipinski definition) is 0. The highest BCUT2D eigenvalue weighted by molar-refractivity contribution is 5.81. The number of nitrogens with zero attached hydrogens (tertiary/aromatic N) is 3. The molecule has 1 spiro atoms. The van der Waals surface area contributed by atoms with Gasteiger partial charge in [0.2, 0.25) is 5.91 Å². The van der Waals surface area contributed by atoms with Gasteiger partial charge in [-0.3, -0.25) is 4.79 Å². The Hall–Kier alpha value is -1.92. The van der Waals surface area contributed by atoms with E-state index in [4.69, 9.17) is 14.5 Å². The third kappa shape index (κ3) is 3.80. The van der Waals surface area contributed by atoms with Crippen LogP contribution < -0.4 is 0 Å². The lowest BCUT2D eigenvalue weighted by molar-refractivity contribution is -0.168. The fourth-order valence-corrected chi connectivity index (χ4v) is 5.27. The summed E-state index contributed by atoms with van der Waals surface area (Å²) in [6, 6.07) is 8.24. The number of ether oxygens (including phenoxy) is 2. The SMILES string of the molecule is O=C(Cn1c(C2CCCCC2)nc2ccccc21)N1CCOC2(CCOCC2)C1. The van der Waals surface area contributed by atoms with Crippen LogP contribution >= 0.6 is 0 Å². The Morgan fingerprint density at radius 2 is 1.90 bits per heavy atom. The van der Waals surface area contributed by atoms with Crippen LogP contribution in [0.1, 0.15) is 56.7 Å². The molecule has 3 fully saturated rings. The Bertz CT molecular complexity index is 860. The summed E-state index contributed by atoms with van der Waals surface area (Å²) < 4.78 is 13.8. The first-order valence-corrected chi connectivity index (χ1v) is 11.2. The molecule has 0 N–H and O–H groups in total. The number of fused-ring (bicyclic) bond motifs is 1. The van der Waals surface area contributed by atoms with E-state index in [9.17, 15) is 4.79 Å². The summed E-state index contributed by atoms with van der Waals surface area (Å²) in [5.41, 5.74) is 1.87. The number of amides is 1. The topological polar surface area (TPSA) is 56.6 Å². The van der Waals surface area contributed by atoms with Crippen LogP contribution in [0.3, 0.4) is 0 Å². The van der Waals surface area contributed by atoms with Gasteiger partial charge < -0.3 is 18.9 Å². The van der Waals surface area contributed by atoms with Crippen molar-refractivity contribution in [3.8, 4) is 0 Å². The van der Waals surface area contributed by atoms with E-state index in [2.05, 4.69) is 16.7 Å². The number of para-hydroxylation sites is 2. The zero-order valence-electron chi connectivity index (χ0n) is 17.1. The number of imidazole rings is 1. The number of rotatable bonds is 3. The fraction of sp³-hybridized carbons (Fsp3) is 0.652. The van der Waals surface area contributed by atoms with Crippen molar-refractivity contribution in [2.24, 2.45) is 0 Å². The van der Waals surface area contributed by atoms with E-state index in [0.717, 1.165) is 42.9 Å². The third-order valence-corrected chi connectivity index (χ3v) is 6.95. The van der Waals surface area contributed by atoms with E-state index in [0.29, 0.717) is 32.2 Å². The molecular formula is C23H31N3O3. The molecule has 0 bridgehead atoms. The highest BCUT2D eigenvalue weighted by Crippen LogP contribution is 2.34. The maximum absolute atomic E-state index is 13.4. The number of carbonyl (C=O) groups excluding carboxylic acids is 1. The Kier molecular flexibility index (Phi) is 5.31. The molecule has 2 aromatic rings. The summed E-state index contributed by atoms with van der Waals surface area (Å²) in [4.78, 5) is 20.3. The minimum Gasteiger partial charge on any atom is -0.381 e. The number of carbonyl (C=O) groups is 1. The first-order valence-electron chi connectivity index (χ1n) is 11.2. The van der Waals surface area contributed by atoms with Gasteiger partial charge in [-0.1, -0.05) is 31.4 Å². The van der Waals surface area contributed by atoms with Gasteiger partial charge in [0, 0.05) is 45.1 Å². The van der Waals surface area contributed by atoms with Gasteiger partial charge in [0.25, 0.3) is 0 Å². The van der Waals surface area contributed by atoms with Crippen molar-refractivity contribution < 1.29 is 14.3 Å². The summed E-state index contributed by atoms with van der Waals surface area (Å²) in [7, 11) is 0. The fourth-order valence-electron chi connectivity index (χ4n) is 5.27. The van der Waals surface area contributed by atoms with Crippen molar-refractivity contribution in [3.05, 3.63) is 30.1 Å². The van der Waals surface area contributed by atoms with E-state index in [1.54, 1.807) is 0 Å². The van der Waals surface area contributed by atoms with Gasteiger partial charge in [0.05, 0.1) is 23.2 Å². The molecule has 1 aliphatic carbocycles. The van der Waals surface area contributed by atoms with Crippen LogP contribution in [-0.4, -0.2) is 58.9 Å². The second-order valence-corrected chi connectivity index (χ2v) is 8.84. The number of hydrogen-bond acceptors (Lipinski definition) is 4. The van der Waals surface area contributed by atoms with Gasteiger partial charge in [0.15, 0.2) is 0 Å². The molecule has 2 aliphatic heterocycles. The third-order valence-electron chi connectivity index (χ3n) is 6.95. The number of benzene rings is 1. The van der Waals surface area contributed by atoms with Crippen molar-refractivity contribution in [3.63, 3.8) is 0 Å². The molecule has 5 rings (SSSR count). The van der Waals surface area contributed by atoms with E-state index < -0.39 is 0 Å². The van der Waals surface area contributed by atoms with Crippen molar-refractivity contribution >= 4 is 16.9 Å². The second kappa shape index (κ2) is 8.07. The highest BCUT2D eigenvalue weighted by atomic mass is 16.5. The van der Waals surface area contributed by atoms with Crippen LogP contribution in [0, 0.1) is 0 Å². The van der Waals surface area contributed by atoms with Crippen LogP contribution in [0.5, 0.6) is 0 Å². The molecule has 1 amide bonds. The minimum atomic E-state index is -0.213. The van der Waals surface area contributed by atoms with E-state index in [1.165, 1.54) is 32.1 Å². The first kappa shape index (κ1) is 19.1. The Morgan fingerprint density at radius 1 is 1.10 bits per heavy atom. The van der Waals surface area contributed by atoms with Crippen LogP contribution in [0.15, 0.2) is 24.3 Å². The lowest BCUT2D eigenvalue weighted by Gasteiger charge is -2.44. The van der Waals surface area contributed by atoms with Crippen LogP contribution in [0.4, 0.5) is 0 Å². The molecule has 1 aromatic carbocycles. The zero-order valence-corrected chi connectivity index (χ0v) is 17.1. The predicted molar refractivity (Wildman–Crippen MR) is 111 cm³/mol. The largest absolute Gasteiger partial charge is 0.381 e. The average molecular weight is 398 g/mol. The van der Waals surface area contributed by atoms with Crippen LogP contribution in [-0.2, 0) is 20.8 Å². The standard InChI is InChI=1S/C23H31N3O3/c27-21(25-12-15-29-23(17-25)10-13-28-14-11-23)16-26-20-9-5-4-8-19(20)24-22(26)18-6-2-1-3-7-18/h4-5,8-9,18H,1-3,6-7,10-17H2. The smallest absolute Gasteiger partial charge is 0.242 e. The normalized spacial score (nSPS) is 23.0. The van der Waals surface area contributed by atoms with E-state index in [1.807, 2.05) is 17.0 Å². The summed E-state index contributed by atoms with van der Waals surface area (Å²) in [6.07, 6.45) is 7.94. The second-order valence-electron chi connectivity index (χ2n) is 8.84. The quantitative estimate of drug-likeness (QED) is 0.796. The van der Waals surface area contributed by atoms with Gasteiger partial charge in [0.1, 0.15) is 12.4 Å². The predicted octanol–water partition coefficient (Wildman–Crippen LogP) is 3.49. The maximum Gasteiger partial charge on any atom is 0.242 e. The Labute approximate surface area is 172 Å². The average Bonchev–Trinajstić information content (AvgIpc) is 3.13. The maximum atomic E-state index is 13.4. The first-order chi connectivity index (χ1) is 14.2. The molecule has 3 heterocycles. The van der Waals surface area contributed by atoms with Crippen LogP contribution in [0.25, 0.3) is 11.0 Å². The molecular weight excluding hydrogens is 366 g/mol. The van der Waals surface area contributed by atoms with Crippen molar-refractivity contribution in [1.82, 2.24) is 14.5 Å². The summed E-state index contributed by atoms with van der Waals surface area (Å²) >= 11 is 0. The van der Waals surface area contributed by atoms with Gasteiger partial charge in [-0.2, -0.15) is 0 Å². The number of morpholine rings is 1. The van der Waals surface area contributed by atoms with Crippen molar-refractivity contribution in [2.45, 2.75) is 63.0 Å². The molecule has 0 unspecified atom stereocenters. The zero-order chi connectivity index (χ0) is 19.7. The van der Waals surface area contributed by atoms with Gasteiger partial charge >= 0.3 is 0 Å². The molecule has 29 heavy (non-hydrogen) atoms. The van der Waals surface area contributed by atoms with Crippen LogP contribution in [0.2, 0.25) is 0 Å². The van der Waals surface area contributed by atoms with Gasteiger partial charge in [-0.25, -0.2) is 4.98 Å². The van der Waals surface area contributed by atoms with Crippen molar-refractivity contribution in [2.75, 3.05) is 32.9 Å². The van der Waals surface area contributed by atoms with Crippen molar-refractivity contribution in [1.29, 1.82) is 0 Å². The lowest BCUT2D eigenvalue weighted by atomic mass is 9.88. The number of aromatic nitrogens is 2. The molecule has 2 saturated heterocycles. The molecule has 0 atom stereocenters. The molecule has 6 heteroatoms. The summed E-state index contributed by atoms with van der Waals surface area (Å²) in [5, 5.41) is 0. The molecule has 1 aromatic heterocycles. The van der Waals surface area contributed by atoms with Gasteiger partial charge in [-0.05, 0) is 25.0 Å². The van der Waals surface area contributed by atoms with E-state index in [-0.39, 0.29) is 11.5 Å². The summed E-state index contributed by atoms with van der Waals surface area (Å²) in [5.74, 6) is 1.75. The molecule has 3 aliphatic rings. The minimum absolute atomic E-state index is 0.180. The molecule has 6 nitrogen and oxygen atoms in total. The monoisotopic (exact) mass is 397 g/mol.